The van der Waals surface area contributed by atoms with Crippen molar-refractivity contribution in [1.82, 2.24) is 14.5 Å². The van der Waals surface area contributed by atoms with Crippen LogP contribution in [0.1, 0.15) is 27.0 Å². The summed E-state index contributed by atoms with van der Waals surface area (Å²) < 4.78 is 20.6. The van der Waals surface area contributed by atoms with Crippen molar-refractivity contribution in [2.45, 2.75) is 50.6 Å². The molecule has 0 spiro atoms. The zero-order valence-electron chi connectivity index (χ0n) is 15.5. The van der Waals surface area contributed by atoms with Crippen LogP contribution in [0.5, 0.6) is 0 Å². The van der Waals surface area contributed by atoms with Gasteiger partial charge in [-0.25, -0.2) is 14.8 Å². The Morgan fingerprint density at radius 3 is 2.89 bits per heavy atom. The lowest BCUT2D eigenvalue weighted by molar-refractivity contribution is -0.207. The zero-order valence-corrected chi connectivity index (χ0v) is 16.3. The molecule has 0 bridgehead atoms. The maximum Gasteiger partial charge on any atom is 0.410 e. The van der Waals surface area contributed by atoms with E-state index in [1.54, 1.807) is 17.8 Å². The molecule has 0 unspecified atom stereocenters. The van der Waals surface area contributed by atoms with Crippen molar-refractivity contribution >= 4 is 34.7 Å². The van der Waals surface area contributed by atoms with Crippen molar-refractivity contribution in [1.29, 1.82) is 0 Å². The van der Waals surface area contributed by atoms with Crippen LogP contribution in [-0.4, -0.2) is 61.3 Å². The molecule has 10 heteroatoms. The minimum absolute atomic E-state index is 0.153. The van der Waals surface area contributed by atoms with Crippen molar-refractivity contribution in [3.8, 4) is 0 Å². The van der Waals surface area contributed by atoms with Gasteiger partial charge in [-0.1, -0.05) is 0 Å². The van der Waals surface area contributed by atoms with Crippen molar-refractivity contribution < 1.29 is 24.1 Å². The van der Waals surface area contributed by atoms with Crippen molar-refractivity contribution in [2.24, 2.45) is 0 Å². The number of nitrogens with zero attached hydrogens (tertiary/aromatic N) is 3. The molecule has 0 aromatic carbocycles. The van der Waals surface area contributed by atoms with Crippen LogP contribution in [0.3, 0.4) is 0 Å². The maximum absolute atomic E-state index is 11.0. The van der Waals surface area contributed by atoms with Crippen LogP contribution in [0.25, 0.3) is 11.0 Å². The van der Waals surface area contributed by atoms with Crippen LogP contribution in [0.15, 0.2) is 18.6 Å². The van der Waals surface area contributed by atoms with Gasteiger partial charge in [0.05, 0.1) is 5.39 Å². The molecule has 4 atom stereocenters. The Hall–Kier alpha value is -1.88. The molecular formula is C17H22N4O5S. The first-order valence-electron chi connectivity index (χ1n) is 8.59. The molecule has 0 aliphatic carbocycles. The van der Waals surface area contributed by atoms with Gasteiger partial charge in [0.2, 0.25) is 0 Å². The number of rotatable bonds is 4. The molecule has 1 amide bonds. The SMILES string of the molecule is CSC[C@H]1O[C@@H](n2ccc3c(NC(=O)O)ncnc32)[C@@H]2OC(C)(C)O[C@]12C. The van der Waals surface area contributed by atoms with Crippen LogP contribution in [-0.2, 0) is 14.2 Å². The number of ether oxygens (including phenoxy) is 3. The lowest BCUT2D eigenvalue weighted by Crippen LogP contribution is -2.44. The number of carbonyl (C=O) groups is 1. The van der Waals surface area contributed by atoms with Gasteiger partial charge in [0, 0.05) is 11.9 Å². The van der Waals surface area contributed by atoms with Gasteiger partial charge in [0.15, 0.2) is 12.0 Å². The number of amides is 1. The molecule has 4 rings (SSSR count). The van der Waals surface area contributed by atoms with Gasteiger partial charge in [-0.15, -0.1) is 0 Å². The molecule has 2 saturated heterocycles. The molecule has 0 saturated carbocycles. The van der Waals surface area contributed by atoms with E-state index in [1.165, 1.54) is 6.33 Å². The Morgan fingerprint density at radius 2 is 2.19 bits per heavy atom. The smallest absolute Gasteiger partial charge is 0.410 e. The molecule has 9 nitrogen and oxygen atoms in total. The van der Waals surface area contributed by atoms with E-state index in [0.717, 1.165) is 5.75 Å². The normalized spacial score (nSPS) is 31.9. The standard InChI is InChI=1S/C17H22N4O5S/c1-16(2)25-11-14(24-10(7-27-4)17(11,3)26-16)21-6-5-9-12(20-15(22)23)18-8-19-13(9)21/h5-6,8,10-11,14H,7H2,1-4H3,(H,22,23)(H,18,19,20)/t10-,11+,14-,17-/m1/s1. The molecule has 146 valence electrons. The van der Waals surface area contributed by atoms with E-state index in [9.17, 15) is 4.79 Å². The summed E-state index contributed by atoms with van der Waals surface area (Å²) in [6.45, 7) is 5.81. The lowest BCUT2D eigenvalue weighted by atomic mass is 9.95. The Labute approximate surface area is 160 Å². The first kappa shape index (κ1) is 18.5. The fourth-order valence-electron chi connectivity index (χ4n) is 3.94. The summed E-state index contributed by atoms with van der Waals surface area (Å²) in [4.78, 5) is 19.4. The number of hydrogen-bond donors (Lipinski definition) is 2. The molecule has 2 fully saturated rings. The molecule has 4 heterocycles. The van der Waals surface area contributed by atoms with E-state index in [2.05, 4.69) is 15.3 Å². The van der Waals surface area contributed by atoms with Crippen LogP contribution in [0.2, 0.25) is 0 Å². The maximum atomic E-state index is 11.0. The summed E-state index contributed by atoms with van der Waals surface area (Å²) in [5.41, 5.74) is -0.0256. The molecule has 0 radical (unpaired) electrons. The largest absolute Gasteiger partial charge is 0.465 e. The minimum atomic E-state index is -1.18. The van der Waals surface area contributed by atoms with E-state index in [0.29, 0.717) is 11.0 Å². The van der Waals surface area contributed by atoms with E-state index < -0.39 is 23.7 Å². The van der Waals surface area contributed by atoms with Gasteiger partial charge in [-0.2, -0.15) is 11.8 Å². The topological polar surface area (TPSA) is 108 Å². The Morgan fingerprint density at radius 1 is 1.41 bits per heavy atom. The predicted molar refractivity (Wildman–Crippen MR) is 99.9 cm³/mol. The highest BCUT2D eigenvalue weighted by molar-refractivity contribution is 7.98. The van der Waals surface area contributed by atoms with Crippen molar-refractivity contribution in [3.05, 3.63) is 18.6 Å². The average Bonchev–Trinajstić information content (AvgIpc) is 3.17. The second-order valence-corrected chi connectivity index (χ2v) is 8.22. The number of fused-ring (bicyclic) bond motifs is 2. The quantitative estimate of drug-likeness (QED) is 0.815. The summed E-state index contributed by atoms with van der Waals surface area (Å²) in [5.74, 6) is 0.284. The number of anilines is 1. The van der Waals surface area contributed by atoms with E-state index >= 15 is 0 Å². The second kappa shape index (κ2) is 6.33. The summed E-state index contributed by atoms with van der Waals surface area (Å²) in [5, 5.41) is 11.9. The van der Waals surface area contributed by atoms with Crippen LogP contribution < -0.4 is 5.32 Å². The van der Waals surface area contributed by atoms with E-state index in [-0.39, 0.29) is 18.0 Å². The summed E-state index contributed by atoms with van der Waals surface area (Å²) >= 11 is 1.69. The summed E-state index contributed by atoms with van der Waals surface area (Å²) in [7, 11) is 0. The van der Waals surface area contributed by atoms with Crippen molar-refractivity contribution in [3.63, 3.8) is 0 Å². The molecule has 27 heavy (non-hydrogen) atoms. The summed E-state index contributed by atoms with van der Waals surface area (Å²) in [6, 6.07) is 1.77. The number of carboxylic acid groups (broad SMARTS) is 1. The fourth-order valence-corrected chi connectivity index (χ4v) is 4.66. The molecule has 2 aromatic heterocycles. The molecule has 2 N–H and O–H groups in total. The Bertz CT molecular complexity index is 887. The first-order chi connectivity index (χ1) is 12.7. The molecule has 2 aromatic rings. The number of aromatic nitrogens is 3. The van der Waals surface area contributed by atoms with E-state index in [4.69, 9.17) is 19.3 Å². The molecular weight excluding hydrogens is 372 g/mol. The van der Waals surface area contributed by atoms with Crippen LogP contribution in [0.4, 0.5) is 10.6 Å². The number of nitrogens with one attached hydrogen (secondary N) is 1. The predicted octanol–water partition coefficient (Wildman–Crippen LogP) is 2.69. The average molecular weight is 394 g/mol. The Kier molecular flexibility index (Phi) is 4.34. The highest BCUT2D eigenvalue weighted by Crippen LogP contribution is 2.51. The second-order valence-electron chi connectivity index (χ2n) is 7.31. The highest BCUT2D eigenvalue weighted by atomic mass is 32.2. The van der Waals surface area contributed by atoms with Gasteiger partial charge in [-0.3, -0.25) is 5.32 Å². The van der Waals surface area contributed by atoms with Crippen molar-refractivity contribution in [2.75, 3.05) is 17.3 Å². The molecule has 2 aliphatic rings. The lowest BCUT2D eigenvalue weighted by Gasteiger charge is -2.28. The summed E-state index contributed by atoms with van der Waals surface area (Å²) in [6.07, 6.45) is 3.06. The van der Waals surface area contributed by atoms with Gasteiger partial charge < -0.3 is 23.9 Å². The van der Waals surface area contributed by atoms with Gasteiger partial charge >= 0.3 is 6.09 Å². The molecule has 2 aliphatic heterocycles. The number of thioether (sulfide) groups is 1. The third kappa shape index (κ3) is 2.96. The first-order valence-corrected chi connectivity index (χ1v) is 9.98. The third-order valence-electron chi connectivity index (χ3n) is 4.97. The number of hydrogen-bond acceptors (Lipinski definition) is 7. The highest BCUT2D eigenvalue weighted by Gasteiger charge is 2.63. The fraction of sp³-hybridized carbons (Fsp3) is 0.588. The third-order valence-corrected chi connectivity index (χ3v) is 5.61. The van der Waals surface area contributed by atoms with E-state index in [1.807, 2.05) is 37.8 Å². The van der Waals surface area contributed by atoms with Gasteiger partial charge in [0.25, 0.3) is 0 Å². The van der Waals surface area contributed by atoms with Gasteiger partial charge in [-0.05, 0) is 33.1 Å². The van der Waals surface area contributed by atoms with Gasteiger partial charge in [0.1, 0.15) is 35.6 Å². The Balaban J connectivity index is 1.76. The monoisotopic (exact) mass is 394 g/mol. The minimum Gasteiger partial charge on any atom is -0.465 e. The van der Waals surface area contributed by atoms with Crippen LogP contribution >= 0.6 is 11.8 Å². The zero-order chi connectivity index (χ0) is 19.4. The van der Waals surface area contributed by atoms with Crippen LogP contribution in [0, 0.1) is 0 Å².